The first kappa shape index (κ1) is 24.8. The standard InChI is InChI=1S/C30H43FO/c1-3-5-7-8-10-13-24-17-19-25(20-18-24)28-22-21-27(23-29(28)31)32-30(16-6-4-2)26-14-11-9-12-15-26/h17-23,26,30H,3-16H2,1-2H3. The normalized spacial score (nSPS) is 15.6. The van der Waals surface area contributed by atoms with Gasteiger partial charge in [0.2, 0.25) is 0 Å². The number of hydrogen-bond donors (Lipinski definition) is 0. The molecule has 1 atom stereocenters. The van der Waals surface area contributed by atoms with E-state index in [2.05, 4.69) is 38.1 Å². The molecule has 3 rings (SSSR count). The van der Waals surface area contributed by atoms with Gasteiger partial charge in [0.15, 0.2) is 0 Å². The summed E-state index contributed by atoms with van der Waals surface area (Å²) in [5, 5.41) is 0. The second kappa shape index (κ2) is 13.7. The fourth-order valence-electron chi connectivity index (χ4n) is 5.06. The fourth-order valence-corrected chi connectivity index (χ4v) is 5.06. The van der Waals surface area contributed by atoms with Gasteiger partial charge in [-0.05, 0) is 61.3 Å². The second-order valence-corrected chi connectivity index (χ2v) is 9.70. The molecule has 176 valence electrons. The predicted molar refractivity (Wildman–Crippen MR) is 135 cm³/mol. The van der Waals surface area contributed by atoms with Crippen molar-refractivity contribution in [2.75, 3.05) is 0 Å². The van der Waals surface area contributed by atoms with E-state index in [9.17, 15) is 0 Å². The molecule has 2 aromatic rings. The third kappa shape index (κ3) is 7.64. The van der Waals surface area contributed by atoms with E-state index in [4.69, 9.17) is 4.74 Å². The van der Waals surface area contributed by atoms with E-state index in [1.165, 1.54) is 82.6 Å². The Kier molecular flexibility index (Phi) is 10.6. The van der Waals surface area contributed by atoms with Crippen molar-refractivity contribution in [3.8, 4) is 16.9 Å². The zero-order valence-corrected chi connectivity index (χ0v) is 20.4. The van der Waals surface area contributed by atoms with Crippen LogP contribution in [0.3, 0.4) is 0 Å². The lowest BCUT2D eigenvalue weighted by atomic mass is 9.83. The van der Waals surface area contributed by atoms with Crippen molar-refractivity contribution in [1.82, 2.24) is 0 Å². The number of hydrogen-bond acceptors (Lipinski definition) is 1. The molecule has 0 heterocycles. The van der Waals surface area contributed by atoms with Crippen LogP contribution in [-0.2, 0) is 6.42 Å². The summed E-state index contributed by atoms with van der Waals surface area (Å²) in [5.41, 5.74) is 2.95. The molecule has 0 N–H and O–H groups in total. The summed E-state index contributed by atoms with van der Waals surface area (Å²) < 4.78 is 21.4. The Morgan fingerprint density at radius 3 is 2.25 bits per heavy atom. The van der Waals surface area contributed by atoms with Crippen molar-refractivity contribution in [2.45, 2.75) is 110 Å². The molecule has 0 amide bonds. The Hall–Kier alpha value is -1.83. The molecule has 0 spiro atoms. The quantitative estimate of drug-likeness (QED) is 0.283. The van der Waals surface area contributed by atoms with E-state index in [0.29, 0.717) is 17.2 Å². The van der Waals surface area contributed by atoms with Gasteiger partial charge in [-0.3, -0.25) is 0 Å². The van der Waals surface area contributed by atoms with Gasteiger partial charge in [-0.1, -0.05) is 95.9 Å². The molecule has 1 saturated carbocycles. The van der Waals surface area contributed by atoms with Crippen LogP contribution in [0.25, 0.3) is 11.1 Å². The topological polar surface area (TPSA) is 9.23 Å². The van der Waals surface area contributed by atoms with Crippen LogP contribution in [0, 0.1) is 11.7 Å². The van der Waals surface area contributed by atoms with E-state index in [1.807, 2.05) is 12.1 Å². The van der Waals surface area contributed by atoms with Gasteiger partial charge >= 0.3 is 0 Å². The molecule has 1 fully saturated rings. The first-order valence-electron chi connectivity index (χ1n) is 13.3. The molecule has 2 aromatic carbocycles. The van der Waals surface area contributed by atoms with Crippen LogP contribution in [0.5, 0.6) is 5.75 Å². The number of unbranched alkanes of at least 4 members (excludes halogenated alkanes) is 5. The lowest BCUT2D eigenvalue weighted by Gasteiger charge is -2.31. The van der Waals surface area contributed by atoms with E-state index >= 15 is 4.39 Å². The minimum Gasteiger partial charge on any atom is -0.490 e. The Morgan fingerprint density at radius 1 is 0.844 bits per heavy atom. The van der Waals surface area contributed by atoms with Crippen molar-refractivity contribution in [1.29, 1.82) is 0 Å². The van der Waals surface area contributed by atoms with Crippen molar-refractivity contribution < 1.29 is 9.13 Å². The van der Waals surface area contributed by atoms with Gasteiger partial charge in [-0.25, -0.2) is 4.39 Å². The average molecular weight is 439 g/mol. The summed E-state index contributed by atoms with van der Waals surface area (Å²) in [6.45, 7) is 4.47. The highest BCUT2D eigenvalue weighted by atomic mass is 19.1. The summed E-state index contributed by atoms with van der Waals surface area (Å²) in [6, 6.07) is 13.9. The third-order valence-corrected chi connectivity index (χ3v) is 7.08. The first-order chi connectivity index (χ1) is 15.7. The zero-order valence-electron chi connectivity index (χ0n) is 20.4. The molecular formula is C30H43FO. The molecule has 1 unspecified atom stereocenters. The van der Waals surface area contributed by atoms with Gasteiger partial charge < -0.3 is 4.74 Å². The van der Waals surface area contributed by atoms with Crippen LogP contribution in [0.1, 0.15) is 103 Å². The van der Waals surface area contributed by atoms with Crippen LogP contribution in [0.4, 0.5) is 4.39 Å². The highest BCUT2D eigenvalue weighted by Gasteiger charge is 2.25. The second-order valence-electron chi connectivity index (χ2n) is 9.70. The Balaban J connectivity index is 1.61. The molecule has 0 saturated heterocycles. The van der Waals surface area contributed by atoms with Gasteiger partial charge in [0.05, 0.1) is 0 Å². The molecule has 2 heteroatoms. The van der Waals surface area contributed by atoms with E-state index in [-0.39, 0.29) is 11.9 Å². The smallest absolute Gasteiger partial charge is 0.134 e. The lowest BCUT2D eigenvalue weighted by molar-refractivity contribution is 0.0971. The largest absolute Gasteiger partial charge is 0.490 e. The zero-order chi connectivity index (χ0) is 22.6. The summed E-state index contributed by atoms with van der Waals surface area (Å²) >= 11 is 0. The van der Waals surface area contributed by atoms with Gasteiger partial charge in [-0.2, -0.15) is 0 Å². The lowest BCUT2D eigenvalue weighted by Crippen LogP contribution is -2.29. The maximum Gasteiger partial charge on any atom is 0.134 e. The van der Waals surface area contributed by atoms with E-state index in [0.717, 1.165) is 18.4 Å². The number of halogens is 1. The van der Waals surface area contributed by atoms with Crippen LogP contribution in [0.15, 0.2) is 42.5 Å². The molecule has 0 aliphatic heterocycles. The average Bonchev–Trinajstić information content (AvgIpc) is 2.83. The van der Waals surface area contributed by atoms with Crippen molar-refractivity contribution in [2.24, 2.45) is 5.92 Å². The minimum atomic E-state index is -0.187. The fraction of sp³-hybridized carbons (Fsp3) is 0.600. The monoisotopic (exact) mass is 438 g/mol. The Labute approximate surface area is 195 Å². The van der Waals surface area contributed by atoms with Crippen molar-refractivity contribution >= 4 is 0 Å². The van der Waals surface area contributed by atoms with Crippen LogP contribution in [0.2, 0.25) is 0 Å². The Morgan fingerprint density at radius 2 is 1.56 bits per heavy atom. The highest BCUT2D eigenvalue weighted by molar-refractivity contribution is 5.65. The van der Waals surface area contributed by atoms with Gasteiger partial charge in [0.25, 0.3) is 0 Å². The van der Waals surface area contributed by atoms with Crippen molar-refractivity contribution in [3.63, 3.8) is 0 Å². The number of rotatable bonds is 13. The minimum absolute atomic E-state index is 0.187. The molecule has 1 aliphatic carbocycles. The highest BCUT2D eigenvalue weighted by Crippen LogP contribution is 2.33. The molecule has 0 aromatic heterocycles. The number of benzene rings is 2. The maximum absolute atomic E-state index is 15.0. The van der Waals surface area contributed by atoms with Crippen LogP contribution < -0.4 is 4.74 Å². The summed E-state index contributed by atoms with van der Waals surface area (Å²) in [5.74, 6) is 1.11. The van der Waals surface area contributed by atoms with Gasteiger partial charge in [-0.15, -0.1) is 0 Å². The molecule has 1 nitrogen and oxygen atoms in total. The Bertz CT molecular complexity index is 776. The molecule has 32 heavy (non-hydrogen) atoms. The SMILES string of the molecule is CCCCCCCc1ccc(-c2ccc(OC(CCCC)C3CCCCC3)cc2F)cc1. The maximum atomic E-state index is 15.0. The number of ether oxygens (including phenoxy) is 1. The molecule has 1 aliphatic rings. The number of aryl methyl sites for hydroxylation is 1. The molecule has 0 bridgehead atoms. The van der Waals surface area contributed by atoms with Crippen molar-refractivity contribution in [3.05, 3.63) is 53.8 Å². The van der Waals surface area contributed by atoms with Gasteiger partial charge in [0.1, 0.15) is 17.7 Å². The molecular weight excluding hydrogens is 395 g/mol. The summed E-state index contributed by atoms with van der Waals surface area (Å²) in [4.78, 5) is 0. The van der Waals surface area contributed by atoms with Crippen LogP contribution in [-0.4, -0.2) is 6.10 Å². The van der Waals surface area contributed by atoms with Crippen LogP contribution >= 0.6 is 0 Å². The molecule has 0 radical (unpaired) electrons. The third-order valence-electron chi connectivity index (χ3n) is 7.08. The first-order valence-corrected chi connectivity index (χ1v) is 13.3. The van der Waals surface area contributed by atoms with E-state index in [1.54, 1.807) is 6.07 Å². The summed E-state index contributed by atoms with van der Waals surface area (Å²) in [7, 11) is 0. The predicted octanol–water partition coefficient (Wildman–Crippen LogP) is 9.52. The summed E-state index contributed by atoms with van der Waals surface area (Å²) in [6.07, 6.45) is 17.7. The van der Waals surface area contributed by atoms with E-state index < -0.39 is 0 Å². The van der Waals surface area contributed by atoms with Gasteiger partial charge in [0, 0.05) is 11.6 Å².